The standard InChI is InChI=1S/C18H18Cl2N2O7/c1-9-6-22(18(26)21-17(9)25)15-5-13(23)14(29-15)7-28-16(24)8-27-10-2-3-11(19)12(20)4-10/h2-4,6,13-15,23H,5,7-8H2,1H3,(H,21,25,26)/t13-,14+,15+/m0/s1. The largest absolute Gasteiger partial charge is 0.482 e. The summed E-state index contributed by atoms with van der Waals surface area (Å²) in [5.41, 5.74) is -0.806. The lowest BCUT2D eigenvalue weighted by atomic mass is 10.2. The molecule has 0 unspecified atom stereocenters. The highest BCUT2D eigenvalue weighted by Crippen LogP contribution is 2.28. The maximum absolute atomic E-state index is 11.9. The number of aryl methyl sites for hydroxylation is 1. The van der Waals surface area contributed by atoms with Crippen molar-refractivity contribution in [1.82, 2.24) is 9.55 Å². The summed E-state index contributed by atoms with van der Waals surface area (Å²) < 4.78 is 17.2. The summed E-state index contributed by atoms with van der Waals surface area (Å²) in [7, 11) is 0. The molecule has 1 fully saturated rings. The van der Waals surface area contributed by atoms with Gasteiger partial charge in [0.2, 0.25) is 0 Å². The predicted molar refractivity (Wildman–Crippen MR) is 104 cm³/mol. The molecule has 2 heterocycles. The summed E-state index contributed by atoms with van der Waals surface area (Å²) in [5.74, 6) is -0.325. The van der Waals surface area contributed by atoms with E-state index < -0.39 is 35.7 Å². The Kier molecular flexibility index (Phi) is 6.63. The van der Waals surface area contributed by atoms with Crippen LogP contribution in [0.4, 0.5) is 0 Å². The molecule has 0 amide bonds. The van der Waals surface area contributed by atoms with E-state index in [4.69, 9.17) is 37.4 Å². The first kappa shape index (κ1) is 21.4. The van der Waals surface area contributed by atoms with E-state index in [1.165, 1.54) is 22.9 Å². The minimum atomic E-state index is -0.956. The fraction of sp³-hybridized carbons (Fsp3) is 0.389. The molecule has 1 aromatic carbocycles. The normalized spacial score (nSPS) is 21.2. The summed E-state index contributed by atoms with van der Waals surface area (Å²) in [5, 5.41) is 10.8. The molecule has 0 saturated carbocycles. The van der Waals surface area contributed by atoms with Gasteiger partial charge in [0, 0.05) is 24.2 Å². The lowest BCUT2D eigenvalue weighted by Crippen LogP contribution is -2.33. The van der Waals surface area contributed by atoms with E-state index in [0.29, 0.717) is 21.4 Å². The van der Waals surface area contributed by atoms with Gasteiger partial charge in [0.25, 0.3) is 5.56 Å². The van der Waals surface area contributed by atoms with Gasteiger partial charge in [-0.1, -0.05) is 23.2 Å². The number of nitrogens with one attached hydrogen (secondary N) is 1. The van der Waals surface area contributed by atoms with E-state index in [1.807, 2.05) is 0 Å². The minimum absolute atomic E-state index is 0.105. The first-order chi connectivity index (χ1) is 13.7. The molecular formula is C18H18Cl2N2O7. The van der Waals surface area contributed by atoms with E-state index in [1.54, 1.807) is 13.0 Å². The zero-order valence-corrected chi connectivity index (χ0v) is 16.8. The van der Waals surface area contributed by atoms with E-state index in [0.717, 1.165) is 0 Å². The third kappa shape index (κ3) is 5.18. The van der Waals surface area contributed by atoms with Gasteiger partial charge in [-0.15, -0.1) is 0 Å². The number of ether oxygens (including phenoxy) is 3. The Balaban J connectivity index is 1.52. The lowest BCUT2D eigenvalue weighted by molar-refractivity contribution is -0.152. The molecule has 11 heteroatoms. The van der Waals surface area contributed by atoms with Crippen LogP contribution in [0.2, 0.25) is 10.0 Å². The first-order valence-electron chi connectivity index (χ1n) is 8.63. The molecule has 1 saturated heterocycles. The van der Waals surface area contributed by atoms with Gasteiger partial charge >= 0.3 is 11.7 Å². The lowest BCUT2D eigenvalue weighted by Gasteiger charge is -2.16. The maximum Gasteiger partial charge on any atom is 0.344 e. The number of aromatic nitrogens is 2. The molecule has 1 aromatic heterocycles. The third-order valence-electron chi connectivity index (χ3n) is 4.32. The second-order valence-corrected chi connectivity index (χ2v) is 7.27. The number of aromatic amines is 1. The SMILES string of the molecule is Cc1cn([C@H]2C[C@H](O)[C@@H](COC(=O)COc3ccc(Cl)c(Cl)c3)O2)c(=O)[nH]c1=O. The number of halogens is 2. The molecule has 0 bridgehead atoms. The highest BCUT2D eigenvalue weighted by molar-refractivity contribution is 6.42. The van der Waals surface area contributed by atoms with Gasteiger partial charge < -0.3 is 19.3 Å². The zero-order chi connectivity index (χ0) is 21.1. The molecule has 2 aromatic rings. The number of aliphatic hydroxyl groups is 1. The van der Waals surface area contributed by atoms with Crippen LogP contribution in [0.1, 0.15) is 18.2 Å². The Morgan fingerprint density at radius 3 is 2.83 bits per heavy atom. The number of carbonyl (C=O) groups excluding carboxylic acids is 1. The van der Waals surface area contributed by atoms with Gasteiger partial charge in [0.1, 0.15) is 24.7 Å². The molecule has 3 atom stereocenters. The second kappa shape index (κ2) is 9.00. The Bertz CT molecular complexity index is 1020. The van der Waals surface area contributed by atoms with Gasteiger partial charge in [0.15, 0.2) is 6.61 Å². The van der Waals surface area contributed by atoms with E-state index in [-0.39, 0.29) is 19.6 Å². The van der Waals surface area contributed by atoms with Crippen LogP contribution >= 0.6 is 23.2 Å². The van der Waals surface area contributed by atoms with Crippen molar-refractivity contribution in [1.29, 1.82) is 0 Å². The van der Waals surface area contributed by atoms with Gasteiger partial charge in [-0.05, 0) is 19.1 Å². The van der Waals surface area contributed by atoms with Crippen LogP contribution in [0.5, 0.6) is 5.75 Å². The van der Waals surface area contributed by atoms with Gasteiger partial charge in [-0.25, -0.2) is 9.59 Å². The smallest absolute Gasteiger partial charge is 0.344 e. The van der Waals surface area contributed by atoms with E-state index >= 15 is 0 Å². The third-order valence-corrected chi connectivity index (χ3v) is 5.06. The average Bonchev–Trinajstić information content (AvgIpc) is 3.04. The summed E-state index contributed by atoms with van der Waals surface area (Å²) in [6, 6.07) is 4.56. The van der Waals surface area contributed by atoms with Gasteiger partial charge in [0.05, 0.1) is 16.1 Å². The Morgan fingerprint density at radius 2 is 2.10 bits per heavy atom. The van der Waals surface area contributed by atoms with Gasteiger partial charge in [-0.2, -0.15) is 0 Å². The Morgan fingerprint density at radius 1 is 1.34 bits per heavy atom. The molecule has 29 heavy (non-hydrogen) atoms. The van der Waals surface area contributed by atoms with E-state index in [9.17, 15) is 19.5 Å². The van der Waals surface area contributed by atoms with Crippen LogP contribution in [0.15, 0.2) is 34.0 Å². The predicted octanol–water partition coefficient (Wildman–Crippen LogP) is 1.42. The van der Waals surface area contributed by atoms with Gasteiger partial charge in [-0.3, -0.25) is 14.3 Å². The van der Waals surface area contributed by atoms with Crippen LogP contribution in [0.3, 0.4) is 0 Å². The summed E-state index contributed by atoms with van der Waals surface area (Å²) in [4.78, 5) is 37.5. The van der Waals surface area contributed by atoms with Crippen molar-refractivity contribution in [3.63, 3.8) is 0 Å². The Labute approximate surface area is 174 Å². The van der Waals surface area contributed by atoms with Crippen molar-refractivity contribution in [3.05, 3.63) is 60.8 Å². The molecular weight excluding hydrogens is 427 g/mol. The number of benzene rings is 1. The maximum atomic E-state index is 11.9. The van der Waals surface area contributed by atoms with Crippen LogP contribution in [-0.2, 0) is 14.3 Å². The minimum Gasteiger partial charge on any atom is -0.482 e. The van der Waals surface area contributed by atoms with Crippen molar-refractivity contribution >= 4 is 29.2 Å². The molecule has 1 aliphatic rings. The van der Waals surface area contributed by atoms with Crippen LogP contribution < -0.4 is 16.0 Å². The number of esters is 1. The second-order valence-electron chi connectivity index (χ2n) is 6.46. The quantitative estimate of drug-likeness (QED) is 0.646. The van der Waals surface area contributed by atoms with E-state index in [2.05, 4.69) is 4.98 Å². The average molecular weight is 445 g/mol. The van der Waals surface area contributed by atoms with Crippen molar-refractivity contribution in [2.45, 2.75) is 31.8 Å². The number of hydrogen-bond donors (Lipinski definition) is 2. The van der Waals surface area contributed by atoms with Crippen LogP contribution in [-0.4, -0.2) is 46.0 Å². The molecule has 0 aliphatic carbocycles. The highest BCUT2D eigenvalue weighted by atomic mass is 35.5. The summed E-state index contributed by atoms with van der Waals surface area (Å²) in [6.07, 6.45) is -1.11. The van der Waals surface area contributed by atoms with Crippen LogP contribution in [0.25, 0.3) is 0 Å². The van der Waals surface area contributed by atoms with Crippen molar-refractivity contribution < 1.29 is 24.1 Å². The number of H-pyrrole nitrogens is 1. The highest BCUT2D eigenvalue weighted by Gasteiger charge is 2.36. The number of aliphatic hydroxyl groups excluding tert-OH is 1. The Hall–Kier alpha value is -2.33. The summed E-state index contributed by atoms with van der Waals surface area (Å²) in [6.45, 7) is 0.953. The molecule has 156 valence electrons. The molecule has 1 aliphatic heterocycles. The van der Waals surface area contributed by atoms with Crippen molar-refractivity contribution in [3.8, 4) is 5.75 Å². The molecule has 3 rings (SSSR count). The topological polar surface area (TPSA) is 120 Å². The fourth-order valence-corrected chi connectivity index (χ4v) is 3.05. The fourth-order valence-electron chi connectivity index (χ4n) is 2.76. The number of hydrogen-bond acceptors (Lipinski definition) is 7. The van der Waals surface area contributed by atoms with Crippen molar-refractivity contribution in [2.24, 2.45) is 0 Å². The molecule has 0 radical (unpaired) electrons. The van der Waals surface area contributed by atoms with Crippen molar-refractivity contribution in [2.75, 3.05) is 13.2 Å². The monoisotopic (exact) mass is 444 g/mol. The number of carbonyl (C=O) groups is 1. The van der Waals surface area contributed by atoms with Crippen LogP contribution in [0, 0.1) is 6.92 Å². The molecule has 9 nitrogen and oxygen atoms in total. The zero-order valence-electron chi connectivity index (χ0n) is 15.3. The summed E-state index contributed by atoms with van der Waals surface area (Å²) >= 11 is 11.7. The molecule has 0 spiro atoms. The number of rotatable bonds is 6. The number of nitrogens with zero attached hydrogens (tertiary/aromatic N) is 1. The molecule has 2 N–H and O–H groups in total. The first-order valence-corrected chi connectivity index (χ1v) is 9.39.